The van der Waals surface area contributed by atoms with Crippen molar-refractivity contribution < 1.29 is 8.42 Å². The van der Waals surface area contributed by atoms with Crippen molar-refractivity contribution in [3.05, 3.63) is 71.9 Å². The molecule has 1 aliphatic carbocycles. The Labute approximate surface area is 143 Å². The van der Waals surface area contributed by atoms with Gasteiger partial charge in [0, 0.05) is 12.2 Å². The number of aryl methyl sites for hydroxylation is 1. The molecule has 2 aromatic rings. The Bertz CT molecular complexity index is 870. The van der Waals surface area contributed by atoms with Gasteiger partial charge >= 0.3 is 0 Å². The minimum absolute atomic E-state index is 0.0914. The largest absolute Gasteiger partial charge is 0.270 e. The first-order chi connectivity index (χ1) is 11.6. The molecule has 2 aromatic carbocycles. The van der Waals surface area contributed by atoms with Crippen LogP contribution < -0.4 is 0 Å². The van der Waals surface area contributed by atoms with Gasteiger partial charge in [0.25, 0.3) is 10.0 Å². The van der Waals surface area contributed by atoms with E-state index < -0.39 is 10.0 Å². The van der Waals surface area contributed by atoms with Gasteiger partial charge in [-0.25, -0.2) is 8.42 Å². The number of rotatable bonds is 3. The molecule has 2 atom stereocenters. The quantitative estimate of drug-likeness (QED) is 0.840. The number of fused-ring (bicyclic) bond motifs is 2. The number of nitrogens with zero attached hydrogens (tertiary/aromatic N) is 1. The van der Waals surface area contributed by atoms with E-state index in [0.717, 1.165) is 36.0 Å². The van der Waals surface area contributed by atoms with E-state index in [4.69, 9.17) is 0 Å². The van der Waals surface area contributed by atoms with Crippen LogP contribution in [0.2, 0.25) is 0 Å². The highest BCUT2D eigenvalue weighted by Gasteiger charge is 2.40. The number of benzene rings is 2. The Morgan fingerprint density at radius 1 is 0.958 bits per heavy atom. The monoisotopic (exact) mass is 339 g/mol. The van der Waals surface area contributed by atoms with Gasteiger partial charge in [0.2, 0.25) is 0 Å². The average molecular weight is 339 g/mol. The van der Waals surface area contributed by atoms with Crippen molar-refractivity contribution in [2.75, 3.05) is 0 Å². The summed E-state index contributed by atoms with van der Waals surface area (Å²) >= 11 is 0. The van der Waals surface area contributed by atoms with Gasteiger partial charge < -0.3 is 0 Å². The van der Waals surface area contributed by atoms with Gasteiger partial charge in [-0.15, -0.1) is 0 Å². The summed E-state index contributed by atoms with van der Waals surface area (Å²) in [4.78, 5) is 0.377. The lowest BCUT2D eigenvalue weighted by atomic mass is 9.90. The Morgan fingerprint density at radius 2 is 1.67 bits per heavy atom. The van der Waals surface area contributed by atoms with Crippen molar-refractivity contribution in [1.82, 2.24) is 4.31 Å². The molecule has 1 fully saturated rings. The molecule has 0 saturated heterocycles. The molecule has 0 amide bonds. The maximum atomic E-state index is 13.1. The fourth-order valence-corrected chi connectivity index (χ4v) is 5.42. The van der Waals surface area contributed by atoms with Gasteiger partial charge in [-0.3, -0.25) is 4.31 Å². The van der Waals surface area contributed by atoms with E-state index in [0.29, 0.717) is 10.8 Å². The van der Waals surface area contributed by atoms with E-state index in [-0.39, 0.29) is 6.04 Å². The Kier molecular flexibility index (Phi) is 3.72. The van der Waals surface area contributed by atoms with Crippen molar-refractivity contribution in [3.8, 4) is 0 Å². The van der Waals surface area contributed by atoms with Gasteiger partial charge in [0.15, 0.2) is 0 Å². The van der Waals surface area contributed by atoms with E-state index in [9.17, 15) is 8.42 Å². The molecule has 2 bridgehead atoms. The van der Waals surface area contributed by atoms with Crippen LogP contribution in [0.5, 0.6) is 0 Å². The minimum Gasteiger partial charge on any atom is -0.270 e. The fourth-order valence-electron chi connectivity index (χ4n) is 3.86. The second-order valence-electron chi connectivity index (χ2n) is 6.76. The zero-order chi connectivity index (χ0) is 16.7. The van der Waals surface area contributed by atoms with Crippen LogP contribution in [0.3, 0.4) is 0 Å². The summed E-state index contributed by atoms with van der Waals surface area (Å²) in [5.74, 6) is 0.474. The molecule has 1 aliphatic heterocycles. The van der Waals surface area contributed by atoms with Gasteiger partial charge in [-0.05, 0) is 55.4 Å². The molecule has 0 spiro atoms. The van der Waals surface area contributed by atoms with E-state index in [1.54, 1.807) is 16.4 Å². The third-order valence-electron chi connectivity index (χ3n) is 5.17. The van der Waals surface area contributed by atoms with Gasteiger partial charge in [-0.2, -0.15) is 0 Å². The van der Waals surface area contributed by atoms with E-state index >= 15 is 0 Å². The van der Waals surface area contributed by atoms with Crippen LogP contribution in [-0.2, 0) is 10.0 Å². The lowest BCUT2D eigenvalue weighted by Gasteiger charge is -2.32. The van der Waals surface area contributed by atoms with Crippen LogP contribution in [-0.4, -0.2) is 18.8 Å². The molecule has 0 radical (unpaired) electrons. The van der Waals surface area contributed by atoms with E-state index in [1.807, 2.05) is 43.5 Å². The average Bonchev–Trinajstić information content (AvgIpc) is 2.99. The molecule has 0 unspecified atom stereocenters. The lowest BCUT2D eigenvalue weighted by molar-refractivity contribution is 0.387. The van der Waals surface area contributed by atoms with Gasteiger partial charge in [0.1, 0.15) is 0 Å². The summed E-state index contributed by atoms with van der Waals surface area (Å²) in [5.41, 5.74) is 3.35. The smallest absolute Gasteiger partial charge is 0.264 e. The first-order valence-electron chi connectivity index (χ1n) is 8.43. The molecule has 1 saturated carbocycles. The Balaban J connectivity index is 1.78. The topological polar surface area (TPSA) is 37.4 Å². The third-order valence-corrected chi connectivity index (χ3v) is 7.00. The summed E-state index contributed by atoms with van der Waals surface area (Å²) in [5, 5.41) is 0. The van der Waals surface area contributed by atoms with Crippen molar-refractivity contribution in [1.29, 1.82) is 0 Å². The van der Waals surface area contributed by atoms with Gasteiger partial charge in [-0.1, -0.05) is 48.0 Å². The van der Waals surface area contributed by atoms with E-state index in [1.165, 1.54) is 0 Å². The van der Waals surface area contributed by atoms with Crippen LogP contribution in [0.25, 0.3) is 5.57 Å². The molecule has 124 valence electrons. The molecule has 1 heterocycles. The van der Waals surface area contributed by atoms with E-state index in [2.05, 4.69) is 12.1 Å². The van der Waals surface area contributed by atoms with Crippen LogP contribution in [0.15, 0.2) is 65.7 Å². The zero-order valence-corrected chi connectivity index (χ0v) is 14.5. The number of sulfonamides is 1. The highest BCUT2D eigenvalue weighted by molar-refractivity contribution is 7.89. The molecular formula is C20H21NO2S. The Hall–Kier alpha value is -2.07. The first-order valence-corrected chi connectivity index (χ1v) is 9.87. The second-order valence-corrected chi connectivity index (χ2v) is 8.61. The summed E-state index contributed by atoms with van der Waals surface area (Å²) < 4.78 is 27.9. The van der Waals surface area contributed by atoms with Crippen molar-refractivity contribution in [2.45, 2.75) is 37.1 Å². The fraction of sp³-hybridized carbons (Fsp3) is 0.300. The molecule has 4 rings (SSSR count). The highest BCUT2D eigenvalue weighted by Crippen LogP contribution is 2.45. The lowest BCUT2D eigenvalue weighted by Crippen LogP contribution is -2.37. The van der Waals surface area contributed by atoms with Crippen LogP contribution in [0.1, 0.15) is 30.4 Å². The number of allylic oxidation sites excluding steroid dienone is 1. The number of hydrogen-bond acceptors (Lipinski definition) is 2. The normalized spacial score (nSPS) is 23.2. The third kappa shape index (κ3) is 2.55. The number of hydrogen-bond donors (Lipinski definition) is 0. The van der Waals surface area contributed by atoms with Gasteiger partial charge in [0.05, 0.1) is 4.90 Å². The highest BCUT2D eigenvalue weighted by atomic mass is 32.2. The summed E-state index contributed by atoms with van der Waals surface area (Å²) in [7, 11) is -3.50. The standard InChI is InChI=1S/C20H21NO2S/c1-15-7-11-19(12-8-15)24(22,23)21-14-20(16-5-3-2-4-6-16)17-9-10-18(21)13-17/h2-8,11-12,14,17-18H,9-10,13H2,1H3/t17-,18+/m0/s1. The molecule has 0 N–H and O–H groups in total. The van der Waals surface area contributed by atoms with Crippen LogP contribution in [0, 0.1) is 12.8 Å². The van der Waals surface area contributed by atoms with Crippen molar-refractivity contribution >= 4 is 15.6 Å². The summed E-state index contributed by atoms with van der Waals surface area (Å²) in [6, 6.07) is 17.4. The summed E-state index contributed by atoms with van der Waals surface area (Å²) in [6.07, 6.45) is 4.80. The van der Waals surface area contributed by atoms with Crippen LogP contribution >= 0.6 is 0 Å². The maximum absolute atomic E-state index is 13.1. The zero-order valence-electron chi connectivity index (χ0n) is 13.7. The predicted molar refractivity (Wildman–Crippen MR) is 95.8 cm³/mol. The molecule has 2 aliphatic rings. The molecule has 3 nitrogen and oxygen atoms in total. The van der Waals surface area contributed by atoms with Crippen LogP contribution in [0.4, 0.5) is 0 Å². The minimum atomic E-state index is -3.50. The molecular weight excluding hydrogens is 318 g/mol. The maximum Gasteiger partial charge on any atom is 0.264 e. The summed E-state index contributed by atoms with van der Waals surface area (Å²) in [6.45, 7) is 1.96. The van der Waals surface area contributed by atoms with Crippen molar-refractivity contribution in [2.24, 2.45) is 5.92 Å². The SMILES string of the molecule is Cc1ccc(S(=O)(=O)N2C=C(c3ccccc3)[C@H]3CC[C@@H]2C3)cc1. The second kappa shape index (κ2) is 5.78. The molecule has 4 heteroatoms. The Morgan fingerprint density at radius 3 is 2.38 bits per heavy atom. The first kappa shape index (κ1) is 15.5. The molecule has 24 heavy (non-hydrogen) atoms. The molecule has 0 aromatic heterocycles. The van der Waals surface area contributed by atoms with Crippen molar-refractivity contribution in [3.63, 3.8) is 0 Å². The predicted octanol–water partition coefficient (Wildman–Crippen LogP) is 4.21.